The molecule has 0 unspecified atom stereocenters. The molecular formula is C24H23N5O5S. The van der Waals surface area contributed by atoms with Crippen LogP contribution in [-0.2, 0) is 10.0 Å². The van der Waals surface area contributed by atoms with Gasteiger partial charge in [-0.05, 0) is 49.4 Å². The number of aromatic nitrogens is 3. The van der Waals surface area contributed by atoms with E-state index in [0.29, 0.717) is 28.6 Å². The molecule has 10 nitrogen and oxygen atoms in total. The summed E-state index contributed by atoms with van der Waals surface area (Å²) in [6.45, 7) is 1.91. The average Bonchev–Trinajstić information content (AvgIpc) is 3.33. The maximum atomic E-state index is 12.8. The third kappa shape index (κ3) is 5.41. The number of methoxy groups -OCH3 is 2. The van der Waals surface area contributed by atoms with Crippen molar-refractivity contribution in [3.63, 3.8) is 0 Å². The van der Waals surface area contributed by atoms with Crippen LogP contribution in [0.1, 0.15) is 15.9 Å². The summed E-state index contributed by atoms with van der Waals surface area (Å²) >= 11 is 0. The van der Waals surface area contributed by atoms with Crippen molar-refractivity contribution in [3.8, 4) is 22.9 Å². The fraction of sp³-hybridized carbons (Fsp3) is 0.125. The largest absolute Gasteiger partial charge is 0.497 e. The molecule has 180 valence electrons. The molecule has 4 aromatic rings. The SMILES string of the molecule is COc1ccc(-c2nc(NC(=O)c3cccc(S(=O)(=O)Nc4ccc(C)cc4)c3)n[nH]2)c(OC)c1. The van der Waals surface area contributed by atoms with Gasteiger partial charge < -0.3 is 9.47 Å². The summed E-state index contributed by atoms with van der Waals surface area (Å²) in [7, 11) is -0.821. The van der Waals surface area contributed by atoms with Crippen LogP contribution in [-0.4, -0.2) is 43.7 Å². The lowest BCUT2D eigenvalue weighted by Crippen LogP contribution is -2.16. The summed E-state index contributed by atoms with van der Waals surface area (Å²) in [5.74, 6) is 0.958. The van der Waals surface area contributed by atoms with E-state index in [4.69, 9.17) is 9.47 Å². The first kappa shape index (κ1) is 23.8. The number of ether oxygens (including phenoxy) is 2. The normalized spacial score (nSPS) is 11.1. The van der Waals surface area contributed by atoms with E-state index >= 15 is 0 Å². The minimum atomic E-state index is -3.89. The molecule has 0 aliphatic carbocycles. The van der Waals surface area contributed by atoms with Crippen LogP contribution in [0.15, 0.2) is 71.6 Å². The highest BCUT2D eigenvalue weighted by atomic mass is 32.2. The van der Waals surface area contributed by atoms with E-state index in [1.165, 1.54) is 31.4 Å². The Morgan fingerprint density at radius 3 is 2.46 bits per heavy atom. The van der Waals surface area contributed by atoms with Crippen molar-refractivity contribution >= 4 is 27.6 Å². The van der Waals surface area contributed by atoms with E-state index in [2.05, 4.69) is 25.2 Å². The van der Waals surface area contributed by atoms with Gasteiger partial charge in [-0.1, -0.05) is 23.8 Å². The molecule has 1 aromatic heterocycles. The minimum Gasteiger partial charge on any atom is -0.497 e. The Morgan fingerprint density at radius 2 is 1.74 bits per heavy atom. The predicted octanol–water partition coefficient (Wildman–Crippen LogP) is 3.85. The van der Waals surface area contributed by atoms with E-state index in [-0.39, 0.29) is 16.4 Å². The van der Waals surface area contributed by atoms with E-state index < -0.39 is 15.9 Å². The van der Waals surface area contributed by atoms with E-state index in [1.807, 2.05) is 6.92 Å². The molecular weight excluding hydrogens is 470 g/mol. The second kappa shape index (κ2) is 9.85. The third-order valence-electron chi connectivity index (χ3n) is 5.08. The summed E-state index contributed by atoms with van der Waals surface area (Å²) in [5, 5.41) is 9.35. The molecule has 0 aliphatic rings. The predicted molar refractivity (Wildman–Crippen MR) is 131 cm³/mol. The standard InChI is InChI=1S/C24H23N5O5S/c1-15-7-9-17(10-8-15)29-35(31,32)19-6-4-5-16(13-19)23(30)26-24-25-22(27-28-24)20-12-11-18(33-2)14-21(20)34-3/h4-14,29H,1-3H3,(H2,25,26,27,28,30). The number of rotatable bonds is 8. The fourth-order valence-corrected chi connectivity index (χ4v) is 4.35. The summed E-state index contributed by atoms with van der Waals surface area (Å²) in [6.07, 6.45) is 0. The van der Waals surface area contributed by atoms with Gasteiger partial charge in [0.15, 0.2) is 5.82 Å². The fourth-order valence-electron chi connectivity index (χ4n) is 3.25. The van der Waals surface area contributed by atoms with Gasteiger partial charge >= 0.3 is 0 Å². The Kier molecular flexibility index (Phi) is 6.69. The molecule has 1 amide bonds. The number of H-pyrrole nitrogens is 1. The number of carbonyl (C=O) groups is 1. The molecule has 0 atom stereocenters. The molecule has 0 saturated heterocycles. The maximum Gasteiger partial charge on any atom is 0.261 e. The summed E-state index contributed by atoms with van der Waals surface area (Å²) in [6, 6.07) is 17.8. The van der Waals surface area contributed by atoms with Crippen LogP contribution in [0.5, 0.6) is 11.5 Å². The number of hydrogen-bond donors (Lipinski definition) is 3. The maximum absolute atomic E-state index is 12.8. The highest BCUT2D eigenvalue weighted by Crippen LogP contribution is 2.31. The van der Waals surface area contributed by atoms with Crippen molar-refractivity contribution in [1.82, 2.24) is 15.2 Å². The van der Waals surface area contributed by atoms with Gasteiger partial charge in [-0.25, -0.2) is 8.42 Å². The Morgan fingerprint density at radius 1 is 0.971 bits per heavy atom. The number of aromatic amines is 1. The minimum absolute atomic E-state index is 0.0221. The Bertz CT molecular complexity index is 1470. The van der Waals surface area contributed by atoms with Crippen LogP contribution in [0.2, 0.25) is 0 Å². The molecule has 3 N–H and O–H groups in total. The van der Waals surface area contributed by atoms with Gasteiger partial charge in [0.05, 0.1) is 24.7 Å². The van der Waals surface area contributed by atoms with Gasteiger partial charge in [0, 0.05) is 17.3 Å². The van der Waals surface area contributed by atoms with Crippen molar-refractivity contribution in [2.45, 2.75) is 11.8 Å². The second-order valence-electron chi connectivity index (χ2n) is 7.53. The van der Waals surface area contributed by atoms with Crippen LogP contribution < -0.4 is 19.5 Å². The molecule has 4 rings (SSSR count). The average molecular weight is 494 g/mol. The molecule has 0 fully saturated rings. The number of carbonyl (C=O) groups excluding carboxylic acids is 1. The number of nitrogens with one attached hydrogen (secondary N) is 3. The third-order valence-corrected chi connectivity index (χ3v) is 6.46. The monoisotopic (exact) mass is 493 g/mol. The molecule has 0 bridgehead atoms. The number of sulfonamides is 1. The van der Waals surface area contributed by atoms with Crippen LogP contribution in [0.3, 0.4) is 0 Å². The number of nitrogens with zero attached hydrogens (tertiary/aromatic N) is 2. The van der Waals surface area contributed by atoms with Crippen molar-refractivity contribution in [2.24, 2.45) is 0 Å². The molecule has 0 spiro atoms. The molecule has 1 heterocycles. The highest BCUT2D eigenvalue weighted by Gasteiger charge is 2.18. The van der Waals surface area contributed by atoms with Gasteiger partial charge in [-0.15, -0.1) is 5.10 Å². The lowest BCUT2D eigenvalue weighted by Gasteiger charge is -2.09. The number of hydrogen-bond acceptors (Lipinski definition) is 7. The lowest BCUT2D eigenvalue weighted by atomic mass is 10.2. The van der Waals surface area contributed by atoms with Crippen molar-refractivity contribution < 1.29 is 22.7 Å². The quantitative estimate of drug-likeness (QED) is 0.339. The van der Waals surface area contributed by atoms with Crippen molar-refractivity contribution in [1.29, 1.82) is 0 Å². The Balaban J connectivity index is 1.51. The molecule has 11 heteroatoms. The molecule has 0 radical (unpaired) electrons. The van der Waals surface area contributed by atoms with Gasteiger partial charge in [0.25, 0.3) is 15.9 Å². The van der Waals surface area contributed by atoms with Crippen molar-refractivity contribution in [2.75, 3.05) is 24.3 Å². The zero-order valence-corrected chi connectivity index (χ0v) is 20.0. The first-order chi connectivity index (χ1) is 16.8. The van der Waals surface area contributed by atoms with E-state index in [0.717, 1.165) is 5.56 Å². The topological polar surface area (TPSA) is 135 Å². The first-order valence-electron chi connectivity index (χ1n) is 10.4. The summed E-state index contributed by atoms with van der Waals surface area (Å²) < 4.78 is 38.7. The van der Waals surface area contributed by atoms with Gasteiger partial charge in [0.2, 0.25) is 5.95 Å². The van der Waals surface area contributed by atoms with Gasteiger partial charge in [-0.3, -0.25) is 19.9 Å². The van der Waals surface area contributed by atoms with Gasteiger partial charge in [-0.2, -0.15) is 4.98 Å². The van der Waals surface area contributed by atoms with Crippen LogP contribution in [0, 0.1) is 6.92 Å². The molecule has 0 aliphatic heterocycles. The van der Waals surface area contributed by atoms with Crippen LogP contribution in [0.4, 0.5) is 11.6 Å². The zero-order chi connectivity index (χ0) is 25.0. The first-order valence-corrected chi connectivity index (χ1v) is 11.9. The summed E-state index contributed by atoms with van der Waals surface area (Å²) in [4.78, 5) is 17.0. The molecule has 35 heavy (non-hydrogen) atoms. The number of aryl methyl sites for hydroxylation is 1. The zero-order valence-electron chi connectivity index (χ0n) is 19.2. The second-order valence-corrected chi connectivity index (χ2v) is 9.21. The molecule has 0 saturated carbocycles. The number of benzene rings is 3. The van der Waals surface area contributed by atoms with E-state index in [1.54, 1.807) is 49.6 Å². The molecule has 3 aromatic carbocycles. The Labute approximate surface area is 202 Å². The van der Waals surface area contributed by atoms with Crippen LogP contribution in [0.25, 0.3) is 11.4 Å². The number of anilines is 2. The lowest BCUT2D eigenvalue weighted by molar-refractivity contribution is 0.102. The number of amides is 1. The van der Waals surface area contributed by atoms with Crippen LogP contribution >= 0.6 is 0 Å². The van der Waals surface area contributed by atoms with E-state index in [9.17, 15) is 13.2 Å². The smallest absolute Gasteiger partial charge is 0.261 e. The van der Waals surface area contributed by atoms with Gasteiger partial charge in [0.1, 0.15) is 11.5 Å². The Hall–Kier alpha value is -4.38. The highest BCUT2D eigenvalue weighted by molar-refractivity contribution is 7.92. The van der Waals surface area contributed by atoms with Crippen molar-refractivity contribution in [3.05, 3.63) is 77.9 Å². The summed E-state index contributed by atoms with van der Waals surface area (Å²) in [5.41, 5.74) is 2.18.